The standard InChI is InChI=1S/C13H15N5O/c1-18-10-5-3-2-4-9(10)15-13(18)17-12(14)16-11(19)8-6-7-8/h2-5,8H,6-7H2,1H3,(H3,14,15,16,17,19). The number of benzene rings is 1. The number of nitrogens with zero attached hydrogens (tertiary/aromatic N) is 3. The zero-order valence-corrected chi connectivity index (χ0v) is 10.6. The molecule has 1 aromatic carbocycles. The number of imidazole rings is 1. The van der Waals surface area contributed by atoms with Crippen LogP contribution in [-0.2, 0) is 11.8 Å². The molecule has 0 unspecified atom stereocenters. The van der Waals surface area contributed by atoms with E-state index in [9.17, 15) is 4.79 Å². The molecule has 3 rings (SSSR count). The van der Waals surface area contributed by atoms with Gasteiger partial charge in [0.05, 0.1) is 11.0 Å². The van der Waals surface area contributed by atoms with E-state index < -0.39 is 0 Å². The third kappa shape index (κ3) is 2.29. The number of nitrogens with two attached hydrogens (primary N) is 1. The first-order valence-electron chi connectivity index (χ1n) is 6.21. The number of para-hydroxylation sites is 2. The van der Waals surface area contributed by atoms with E-state index in [1.54, 1.807) is 0 Å². The highest BCUT2D eigenvalue weighted by atomic mass is 16.1. The third-order valence-corrected chi connectivity index (χ3v) is 3.18. The topological polar surface area (TPSA) is 85.3 Å². The molecular weight excluding hydrogens is 242 g/mol. The molecular formula is C13H15N5O. The number of amides is 1. The van der Waals surface area contributed by atoms with E-state index in [0.29, 0.717) is 5.95 Å². The minimum absolute atomic E-state index is 0.0702. The maximum absolute atomic E-state index is 11.5. The summed E-state index contributed by atoms with van der Waals surface area (Å²) in [5.41, 5.74) is 7.59. The number of aliphatic imine (C=N–C) groups is 1. The first kappa shape index (κ1) is 11.7. The van der Waals surface area contributed by atoms with Crippen LogP contribution in [0.2, 0.25) is 0 Å². The highest BCUT2D eigenvalue weighted by Crippen LogP contribution is 2.30. The smallest absolute Gasteiger partial charge is 0.251 e. The summed E-state index contributed by atoms with van der Waals surface area (Å²) in [5.74, 6) is 0.589. The van der Waals surface area contributed by atoms with Gasteiger partial charge in [0.1, 0.15) is 0 Å². The van der Waals surface area contributed by atoms with Crippen molar-refractivity contribution in [3.05, 3.63) is 24.3 Å². The minimum atomic E-state index is -0.149. The number of anilines is 1. The lowest BCUT2D eigenvalue weighted by Crippen LogP contribution is -2.25. The van der Waals surface area contributed by atoms with E-state index in [0.717, 1.165) is 23.9 Å². The van der Waals surface area contributed by atoms with Gasteiger partial charge in [0, 0.05) is 13.0 Å². The SMILES string of the molecule is Cn1c(N/C(N)=N/C(=O)C2CC2)nc2ccccc21. The van der Waals surface area contributed by atoms with Crippen molar-refractivity contribution in [1.82, 2.24) is 9.55 Å². The molecule has 0 bridgehead atoms. The highest BCUT2D eigenvalue weighted by molar-refractivity contribution is 6.01. The fourth-order valence-corrected chi connectivity index (χ4v) is 1.94. The molecule has 1 amide bonds. The first-order valence-corrected chi connectivity index (χ1v) is 6.21. The van der Waals surface area contributed by atoms with Gasteiger partial charge in [0.25, 0.3) is 5.91 Å². The molecule has 1 heterocycles. The van der Waals surface area contributed by atoms with Gasteiger partial charge in [0.2, 0.25) is 11.9 Å². The van der Waals surface area contributed by atoms with E-state index in [4.69, 9.17) is 5.73 Å². The van der Waals surface area contributed by atoms with Crippen molar-refractivity contribution in [2.45, 2.75) is 12.8 Å². The average molecular weight is 257 g/mol. The summed E-state index contributed by atoms with van der Waals surface area (Å²) in [7, 11) is 1.88. The fraction of sp³-hybridized carbons (Fsp3) is 0.308. The molecule has 1 aromatic heterocycles. The summed E-state index contributed by atoms with van der Waals surface area (Å²) in [6.07, 6.45) is 1.84. The number of aromatic nitrogens is 2. The number of carbonyl (C=O) groups excluding carboxylic acids is 1. The molecule has 0 spiro atoms. The lowest BCUT2D eigenvalue weighted by molar-refractivity contribution is -0.118. The normalized spacial score (nSPS) is 15.7. The summed E-state index contributed by atoms with van der Waals surface area (Å²) in [5, 5.41) is 2.87. The Kier molecular flexibility index (Phi) is 2.70. The van der Waals surface area contributed by atoms with Crippen LogP contribution in [0, 0.1) is 5.92 Å². The van der Waals surface area contributed by atoms with Crippen LogP contribution in [0.15, 0.2) is 29.3 Å². The van der Waals surface area contributed by atoms with Gasteiger partial charge >= 0.3 is 0 Å². The van der Waals surface area contributed by atoms with Crippen LogP contribution in [0.25, 0.3) is 11.0 Å². The van der Waals surface area contributed by atoms with Crippen LogP contribution in [0.4, 0.5) is 5.95 Å². The zero-order valence-electron chi connectivity index (χ0n) is 10.6. The lowest BCUT2D eigenvalue weighted by atomic mass is 10.3. The Morgan fingerprint density at radius 3 is 2.89 bits per heavy atom. The van der Waals surface area contributed by atoms with Crippen LogP contribution in [0.5, 0.6) is 0 Å². The Hall–Kier alpha value is -2.37. The van der Waals surface area contributed by atoms with Crippen molar-refractivity contribution >= 4 is 28.8 Å². The van der Waals surface area contributed by atoms with E-state index in [-0.39, 0.29) is 17.8 Å². The molecule has 98 valence electrons. The lowest BCUT2D eigenvalue weighted by Gasteiger charge is -2.04. The number of hydrogen-bond donors (Lipinski definition) is 2. The van der Waals surface area contributed by atoms with Crippen LogP contribution in [0.3, 0.4) is 0 Å². The average Bonchev–Trinajstić information content (AvgIpc) is 3.18. The maximum atomic E-state index is 11.5. The van der Waals surface area contributed by atoms with Gasteiger partial charge < -0.3 is 10.3 Å². The molecule has 19 heavy (non-hydrogen) atoms. The van der Waals surface area contributed by atoms with Crippen LogP contribution in [-0.4, -0.2) is 21.4 Å². The fourth-order valence-electron chi connectivity index (χ4n) is 1.94. The highest BCUT2D eigenvalue weighted by Gasteiger charge is 2.29. The molecule has 1 aliphatic rings. The maximum Gasteiger partial charge on any atom is 0.251 e. The molecule has 0 atom stereocenters. The van der Waals surface area contributed by atoms with Crippen molar-refractivity contribution in [2.75, 3.05) is 5.32 Å². The van der Waals surface area contributed by atoms with Crippen molar-refractivity contribution < 1.29 is 4.79 Å². The zero-order chi connectivity index (χ0) is 13.4. The minimum Gasteiger partial charge on any atom is -0.369 e. The molecule has 1 fully saturated rings. The Bertz CT molecular complexity index is 669. The van der Waals surface area contributed by atoms with Gasteiger partial charge in [0.15, 0.2) is 0 Å². The summed E-state index contributed by atoms with van der Waals surface area (Å²) < 4.78 is 1.87. The summed E-state index contributed by atoms with van der Waals surface area (Å²) in [6, 6.07) is 7.76. The Morgan fingerprint density at radius 1 is 1.47 bits per heavy atom. The number of hydrogen-bond acceptors (Lipinski definition) is 2. The molecule has 1 aliphatic carbocycles. The molecule has 0 saturated heterocycles. The molecule has 6 heteroatoms. The van der Waals surface area contributed by atoms with Crippen molar-refractivity contribution in [2.24, 2.45) is 23.7 Å². The molecule has 6 nitrogen and oxygen atoms in total. The number of rotatable bonds is 2. The molecule has 0 aliphatic heterocycles. The first-order chi connectivity index (χ1) is 9.15. The van der Waals surface area contributed by atoms with Gasteiger partial charge in [-0.3, -0.25) is 10.1 Å². The molecule has 1 saturated carbocycles. The monoisotopic (exact) mass is 257 g/mol. The van der Waals surface area contributed by atoms with Crippen molar-refractivity contribution in [3.8, 4) is 0 Å². The van der Waals surface area contributed by atoms with Gasteiger partial charge in [-0.1, -0.05) is 12.1 Å². The second-order valence-electron chi connectivity index (χ2n) is 4.72. The predicted octanol–water partition coefficient (Wildman–Crippen LogP) is 1.24. The van der Waals surface area contributed by atoms with E-state index in [2.05, 4.69) is 15.3 Å². The summed E-state index contributed by atoms with van der Waals surface area (Å²) in [6.45, 7) is 0. The van der Waals surface area contributed by atoms with Crippen LogP contribution < -0.4 is 11.1 Å². The third-order valence-electron chi connectivity index (χ3n) is 3.18. The number of nitrogens with one attached hydrogen (secondary N) is 1. The number of fused-ring (bicyclic) bond motifs is 1. The Balaban J connectivity index is 1.84. The summed E-state index contributed by atoms with van der Waals surface area (Å²) >= 11 is 0. The van der Waals surface area contributed by atoms with E-state index in [1.165, 1.54) is 0 Å². The number of carbonyl (C=O) groups is 1. The molecule has 3 N–H and O–H groups in total. The van der Waals surface area contributed by atoms with Gasteiger partial charge in [-0.05, 0) is 25.0 Å². The molecule has 2 aromatic rings. The Morgan fingerprint density at radius 2 is 2.21 bits per heavy atom. The van der Waals surface area contributed by atoms with Gasteiger partial charge in [-0.15, -0.1) is 0 Å². The van der Waals surface area contributed by atoms with Crippen LogP contribution in [0.1, 0.15) is 12.8 Å². The predicted molar refractivity (Wildman–Crippen MR) is 73.7 cm³/mol. The van der Waals surface area contributed by atoms with Gasteiger partial charge in [-0.2, -0.15) is 4.99 Å². The number of guanidine groups is 1. The van der Waals surface area contributed by atoms with E-state index in [1.807, 2.05) is 35.9 Å². The quantitative estimate of drug-likeness (QED) is 0.626. The largest absolute Gasteiger partial charge is 0.369 e. The van der Waals surface area contributed by atoms with Gasteiger partial charge in [-0.25, -0.2) is 4.98 Å². The second-order valence-corrected chi connectivity index (χ2v) is 4.72. The Labute approximate surface area is 110 Å². The molecule has 0 radical (unpaired) electrons. The van der Waals surface area contributed by atoms with Crippen molar-refractivity contribution in [3.63, 3.8) is 0 Å². The van der Waals surface area contributed by atoms with E-state index >= 15 is 0 Å². The van der Waals surface area contributed by atoms with Crippen molar-refractivity contribution in [1.29, 1.82) is 0 Å². The second kappa shape index (κ2) is 4.38. The van der Waals surface area contributed by atoms with Crippen LogP contribution >= 0.6 is 0 Å². The summed E-state index contributed by atoms with van der Waals surface area (Å²) in [4.78, 5) is 19.8. The number of aryl methyl sites for hydroxylation is 1.